The maximum absolute atomic E-state index is 12.7. The largest absolute Gasteiger partial charge is 0.410 e. The number of fused-ring (bicyclic) bond motifs is 3. The molecule has 3 aliphatic rings. The topological polar surface area (TPSA) is 65.4 Å². The average Bonchev–Trinajstić information content (AvgIpc) is 3.29. The molecule has 0 radical (unpaired) electrons. The third-order valence-electron chi connectivity index (χ3n) is 5.25. The second-order valence-corrected chi connectivity index (χ2v) is 6.93. The molecule has 1 spiro atoms. The highest BCUT2D eigenvalue weighted by Gasteiger charge is 2.63. The van der Waals surface area contributed by atoms with E-state index < -0.39 is 0 Å². The lowest BCUT2D eigenvalue weighted by Crippen LogP contribution is -2.48. The molecule has 2 atom stereocenters. The minimum atomic E-state index is -0.349. The maximum atomic E-state index is 12.7. The lowest BCUT2D eigenvalue weighted by molar-refractivity contribution is -0.153. The Balaban J connectivity index is 1.54. The van der Waals surface area contributed by atoms with Crippen LogP contribution in [0.1, 0.15) is 24.8 Å². The number of oxime groups is 1. The van der Waals surface area contributed by atoms with Crippen molar-refractivity contribution in [1.29, 1.82) is 0 Å². The highest BCUT2D eigenvalue weighted by molar-refractivity contribution is 6.66. The van der Waals surface area contributed by atoms with E-state index >= 15 is 0 Å². The summed E-state index contributed by atoms with van der Waals surface area (Å²) in [5.74, 6) is 0. The van der Waals surface area contributed by atoms with Crippen LogP contribution in [0, 0.1) is 5.41 Å². The van der Waals surface area contributed by atoms with Crippen LogP contribution in [0.5, 0.6) is 0 Å². The van der Waals surface area contributed by atoms with Gasteiger partial charge in [0.2, 0.25) is 0 Å². The second kappa shape index (κ2) is 5.39. The Labute approximate surface area is 139 Å². The Bertz CT molecular complexity index is 647. The van der Waals surface area contributed by atoms with E-state index in [1.54, 1.807) is 4.90 Å². The first kappa shape index (κ1) is 14.8. The maximum Gasteiger partial charge on any atom is 0.344 e. The highest BCUT2D eigenvalue weighted by atomic mass is 35.5. The molecule has 1 aromatic carbocycles. The van der Waals surface area contributed by atoms with E-state index in [9.17, 15) is 4.79 Å². The number of carbonyl (C=O) groups is 1. The fourth-order valence-electron chi connectivity index (χ4n) is 3.77. The number of hydrogen-bond acceptors (Lipinski definition) is 4. The predicted molar refractivity (Wildman–Crippen MR) is 84.1 cm³/mol. The van der Waals surface area contributed by atoms with Gasteiger partial charge in [0.15, 0.2) is 5.17 Å². The molecule has 4 rings (SSSR count). The van der Waals surface area contributed by atoms with Crippen molar-refractivity contribution in [3.8, 4) is 0 Å². The van der Waals surface area contributed by atoms with Crippen LogP contribution in [0.2, 0.25) is 0 Å². The Kier molecular flexibility index (Phi) is 3.46. The van der Waals surface area contributed by atoms with Gasteiger partial charge in [-0.1, -0.05) is 47.1 Å². The zero-order valence-corrected chi connectivity index (χ0v) is 13.3. The monoisotopic (exact) mass is 335 g/mol. The Morgan fingerprint density at radius 2 is 2.13 bits per heavy atom. The van der Waals surface area contributed by atoms with Crippen LogP contribution in [0.3, 0.4) is 0 Å². The summed E-state index contributed by atoms with van der Waals surface area (Å²) >= 11 is 6.02. The Morgan fingerprint density at radius 3 is 2.78 bits per heavy atom. The normalized spacial score (nSPS) is 28.6. The van der Waals surface area contributed by atoms with Crippen LogP contribution < -0.4 is 0 Å². The molecule has 3 fully saturated rings. The molecule has 2 bridgehead atoms. The molecule has 6 nitrogen and oxygen atoms in total. The van der Waals surface area contributed by atoms with Crippen molar-refractivity contribution in [1.82, 2.24) is 9.96 Å². The SMILES string of the molecule is O=C1N2C[C@H](N1OCc1ccccc1)C1(CC1)C[C@H]2/C(Cl)=N/O. The van der Waals surface area contributed by atoms with Crippen molar-refractivity contribution < 1.29 is 14.8 Å². The molecule has 122 valence electrons. The van der Waals surface area contributed by atoms with Crippen molar-refractivity contribution >= 4 is 22.8 Å². The van der Waals surface area contributed by atoms with Gasteiger partial charge in [-0.2, -0.15) is 5.06 Å². The minimum Gasteiger partial charge on any atom is -0.410 e. The fraction of sp³-hybridized carbons (Fsp3) is 0.500. The van der Waals surface area contributed by atoms with Crippen LogP contribution in [-0.4, -0.2) is 45.0 Å². The minimum absolute atomic E-state index is 0.0504. The fourth-order valence-corrected chi connectivity index (χ4v) is 3.97. The van der Waals surface area contributed by atoms with E-state index in [2.05, 4.69) is 5.16 Å². The number of amides is 2. The number of nitrogens with zero attached hydrogens (tertiary/aromatic N) is 3. The molecule has 2 saturated heterocycles. The van der Waals surface area contributed by atoms with Crippen molar-refractivity contribution in [2.45, 2.75) is 38.0 Å². The van der Waals surface area contributed by atoms with Gasteiger partial charge in [0.1, 0.15) is 6.61 Å². The van der Waals surface area contributed by atoms with E-state index in [1.165, 1.54) is 5.06 Å². The van der Waals surface area contributed by atoms with E-state index in [0.29, 0.717) is 13.2 Å². The zero-order chi connectivity index (χ0) is 16.0. The van der Waals surface area contributed by atoms with Crippen molar-refractivity contribution in [2.24, 2.45) is 10.6 Å². The first-order valence-electron chi connectivity index (χ1n) is 7.79. The quantitative estimate of drug-likeness (QED) is 0.523. The first-order valence-corrected chi connectivity index (χ1v) is 8.16. The van der Waals surface area contributed by atoms with Gasteiger partial charge in [-0.05, 0) is 30.2 Å². The van der Waals surface area contributed by atoms with Gasteiger partial charge < -0.3 is 10.1 Å². The lowest BCUT2D eigenvalue weighted by atomic mass is 9.85. The number of urea groups is 1. The molecule has 0 aromatic heterocycles. The van der Waals surface area contributed by atoms with Crippen LogP contribution in [0.4, 0.5) is 4.79 Å². The molecule has 1 N–H and O–H groups in total. The van der Waals surface area contributed by atoms with E-state index in [-0.39, 0.29) is 28.7 Å². The zero-order valence-electron chi connectivity index (χ0n) is 12.6. The van der Waals surface area contributed by atoms with Gasteiger partial charge in [-0.25, -0.2) is 4.79 Å². The molecule has 0 unspecified atom stereocenters. The molecule has 1 aromatic rings. The van der Waals surface area contributed by atoms with Crippen LogP contribution in [0.25, 0.3) is 0 Å². The van der Waals surface area contributed by atoms with Crippen LogP contribution in [-0.2, 0) is 11.4 Å². The molecule has 1 saturated carbocycles. The number of hydroxylamine groups is 2. The van der Waals surface area contributed by atoms with E-state index in [1.807, 2.05) is 30.3 Å². The standard InChI is InChI=1S/C16H18ClN3O3/c17-14(18-22)12-8-16(6-7-16)13-9-19(12)15(21)20(13)23-10-11-4-2-1-3-5-11/h1-5,12-13,22H,6-10H2/b18-14-/t12-,13-/m0/s1. The van der Waals surface area contributed by atoms with Gasteiger partial charge in [-0.15, -0.1) is 0 Å². The summed E-state index contributed by atoms with van der Waals surface area (Å²) in [4.78, 5) is 20.2. The third-order valence-corrected chi connectivity index (χ3v) is 5.57. The molecule has 2 aliphatic heterocycles. The summed E-state index contributed by atoms with van der Waals surface area (Å²) in [5.41, 5.74) is 1.07. The average molecular weight is 336 g/mol. The third kappa shape index (κ3) is 2.37. The molecule has 7 heteroatoms. The molecule has 2 heterocycles. The predicted octanol–water partition coefficient (Wildman–Crippen LogP) is 2.80. The number of rotatable bonds is 4. The van der Waals surface area contributed by atoms with Gasteiger partial charge in [0.05, 0.1) is 12.1 Å². The van der Waals surface area contributed by atoms with Gasteiger partial charge in [0.25, 0.3) is 0 Å². The highest BCUT2D eigenvalue weighted by Crippen LogP contribution is 2.59. The number of carbonyl (C=O) groups excluding carboxylic acids is 1. The molecular weight excluding hydrogens is 318 g/mol. The van der Waals surface area contributed by atoms with Gasteiger partial charge >= 0.3 is 6.03 Å². The number of hydrogen-bond donors (Lipinski definition) is 1. The van der Waals surface area contributed by atoms with Gasteiger partial charge in [0, 0.05) is 6.54 Å². The smallest absolute Gasteiger partial charge is 0.344 e. The van der Waals surface area contributed by atoms with Crippen molar-refractivity contribution in [3.63, 3.8) is 0 Å². The summed E-state index contributed by atoms with van der Waals surface area (Å²) in [6, 6.07) is 9.29. The summed E-state index contributed by atoms with van der Waals surface area (Å²) in [7, 11) is 0. The van der Waals surface area contributed by atoms with Crippen LogP contribution in [0.15, 0.2) is 35.5 Å². The summed E-state index contributed by atoms with van der Waals surface area (Å²) in [6.07, 6.45) is 2.84. The second-order valence-electron chi connectivity index (χ2n) is 6.54. The summed E-state index contributed by atoms with van der Waals surface area (Å²) < 4.78 is 0. The Morgan fingerprint density at radius 1 is 1.39 bits per heavy atom. The van der Waals surface area contributed by atoms with E-state index in [4.69, 9.17) is 21.6 Å². The van der Waals surface area contributed by atoms with Crippen molar-refractivity contribution in [2.75, 3.05) is 6.54 Å². The van der Waals surface area contributed by atoms with Crippen molar-refractivity contribution in [3.05, 3.63) is 35.9 Å². The number of halogens is 1. The lowest BCUT2D eigenvalue weighted by Gasteiger charge is -2.35. The first-order chi connectivity index (χ1) is 11.1. The van der Waals surface area contributed by atoms with E-state index in [0.717, 1.165) is 24.8 Å². The van der Waals surface area contributed by atoms with Crippen LogP contribution >= 0.6 is 11.6 Å². The molecule has 23 heavy (non-hydrogen) atoms. The Hall–Kier alpha value is -1.79. The number of piperidine rings is 1. The summed E-state index contributed by atoms with van der Waals surface area (Å²) in [5, 5.41) is 13.7. The molecule has 2 amide bonds. The number of benzene rings is 1. The molecule has 1 aliphatic carbocycles. The summed E-state index contributed by atoms with van der Waals surface area (Å²) in [6.45, 7) is 0.934. The molecular formula is C16H18ClN3O3. The van der Waals surface area contributed by atoms with Gasteiger partial charge in [-0.3, -0.25) is 4.84 Å².